The molecule has 356 valence electrons. The summed E-state index contributed by atoms with van der Waals surface area (Å²) in [7, 11) is 0. The molecule has 15 nitrogen and oxygen atoms in total. The first-order valence-electron chi connectivity index (χ1n) is 24.3. The van der Waals surface area contributed by atoms with Crippen LogP contribution in [0.5, 0.6) is 0 Å². The van der Waals surface area contributed by atoms with Crippen LogP contribution < -0.4 is 16.0 Å². The Hall–Kier alpha value is -3.21. The number of hydrogen-bond acceptors (Lipinski definition) is 12. The van der Waals surface area contributed by atoms with Crippen LogP contribution in [0.25, 0.3) is 0 Å². The van der Waals surface area contributed by atoms with Crippen LogP contribution in [0, 0.1) is 53.3 Å². The first-order chi connectivity index (χ1) is 31.1. The molecule has 6 rings (SSSR count). The zero-order valence-corrected chi connectivity index (χ0v) is 37.6. The van der Waals surface area contributed by atoms with Crippen LogP contribution in [0.1, 0.15) is 77.0 Å². The van der Waals surface area contributed by atoms with Gasteiger partial charge in [-0.3, -0.25) is 0 Å². The van der Waals surface area contributed by atoms with Crippen LogP contribution in [0.3, 0.4) is 0 Å². The predicted octanol–water partition coefficient (Wildman–Crippen LogP) is 6.61. The molecule has 0 aromatic rings. The van der Waals surface area contributed by atoms with Gasteiger partial charge in [0.2, 0.25) is 0 Å². The average Bonchev–Trinajstić information content (AvgIpc) is 4.21. The van der Waals surface area contributed by atoms with Crippen molar-refractivity contribution in [1.82, 2.24) is 16.0 Å². The minimum atomic E-state index is -0.401. The molecule has 0 heterocycles. The second kappa shape index (κ2) is 28.6. The summed E-state index contributed by atoms with van der Waals surface area (Å²) < 4.78 is 51.2. The quantitative estimate of drug-likeness (QED) is 0.0418. The molecule has 6 unspecified atom stereocenters. The molecule has 3 amide bonds. The van der Waals surface area contributed by atoms with Gasteiger partial charge in [-0.15, -0.1) is 0 Å². The highest BCUT2D eigenvalue weighted by molar-refractivity contribution is 5.67. The van der Waals surface area contributed by atoms with E-state index in [1.807, 2.05) is 0 Å². The Morgan fingerprint density at radius 3 is 1.00 bits per heavy atom. The fourth-order valence-corrected chi connectivity index (χ4v) is 10.1. The molecule has 0 saturated heterocycles. The van der Waals surface area contributed by atoms with E-state index in [9.17, 15) is 14.4 Å². The highest BCUT2D eigenvalue weighted by atomic mass is 16.6. The number of carbonyl (C=O) groups excluding carboxylic acids is 3. The lowest BCUT2D eigenvalue weighted by Crippen LogP contribution is -2.31. The van der Waals surface area contributed by atoms with Crippen molar-refractivity contribution in [1.29, 1.82) is 0 Å². The summed E-state index contributed by atoms with van der Waals surface area (Å²) in [5.41, 5.74) is 0. The van der Waals surface area contributed by atoms with Crippen molar-refractivity contribution in [3.05, 3.63) is 36.5 Å². The summed E-state index contributed by atoms with van der Waals surface area (Å²) in [6.07, 6.45) is 25.9. The summed E-state index contributed by atoms with van der Waals surface area (Å²) in [6.45, 7) is 6.19. The average molecular weight is 888 g/mol. The number of ether oxygens (including phenoxy) is 9. The largest absolute Gasteiger partial charge is 0.449 e. The molecule has 63 heavy (non-hydrogen) atoms. The fourth-order valence-electron chi connectivity index (χ4n) is 10.1. The first-order valence-corrected chi connectivity index (χ1v) is 24.3. The number of rotatable bonds is 29. The Morgan fingerprint density at radius 2 is 0.683 bits per heavy atom. The lowest BCUT2D eigenvalue weighted by Gasteiger charge is -2.18. The van der Waals surface area contributed by atoms with Gasteiger partial charge in [-0.05, 0) is 130 Å². The highest BCUT2D eigenvalue weighted by Crippen LogP contribution is 2.54. The van der Waals surface area contributed by atoms with Gasteiger partial charge in [0.05, 0.1) is 92.5 Å². The van der Waals surface area contributed by atoms with Crippen LogP contribution in [0.15, 0.2) is 36.5 Å². The monoisotopic (exact) mass is 888 g/mol. The molecule has 0 aromatic heterocycles. The van der Waals surface area contributed by atoms with Gasteiger partial charge in [0.25, 0.3) is 0 Å². The maximum Gasteiger partial charge on any atom is 0.407 e. The van der Waals surface area contributed by atoms with Crippen LogP contribution >= 0.6 is 0 Å². The minimum absolute atomic E-state index is 0.284. The van der Waals surface area contributed by atoms with E-state index in [1.54, 1.807) is 0 Å². The van der Waals surface area contributed by atoms with Crippen LogP contribution in [0.2, 0.25) is 0 Å². The Morgan fingerprint density at radius 1 is 0.397 bits per heavy atom. The van der Waals surface area contributed by atoms with Gasteiger partial charge in [-0.1, -0.05) is 36.5 Å². The van der Waals surface area contributed by atoms with Crippen molar-refractivity contribution in [2.24, 2.45) is 53.3 Å². The number of nitrogens with one attached hydrogen (secondary N) is 3. The zero-order chi connectivity index (χ0) is 43.7. The topological polar surface area (TPSA) is 170 Å². The summed E-state index contributed by atoms with van der Waals surface area (Å²) in [5, 5.41) is 8.32. The number of alkyl carbamates (subject to hydrolysis) is 3. The number of amides is 3. The summed E-state index contributed by atoms with van der Waals surface area (Å²) >= 11 is 0. The molecule has 0 radical (unpaired) electrons. The molecule has 0 bridgehead atoms. The van der Waals surface area contributed by atoms with Gasteiger partial charge >= 0.3 is 18.3 Å². The van der Waals surface area contributed by atoms with Crippen LogP contribution in [-0.2, 0) is 42.6 Å². The third-order valence-corrected chi connectivity index (χ3v) is 13.7. The van der Waals surface area contributed by atoms with Gasteiger partial charge < -0.3 is 58.6 Å². The van der Waals surface area contributed by atoms with Gasteiger partial charge in [-0.25, -0.2) is 14.4 Å². The van der Waals surface area contributed by atoms with Crippen molar-refractivity contribution in [2.45, 2.75) is 83.2 Å². The summed E-state index contributed by atoms with van der Waals surface area (Å²) in [4.78, 5) is 36.6. The van der Waals surface area contributed by atoms with Gasteiger partial charge in [0.15, 0.2) is 0 Å². The Bertz CT molecular complexity index is 1310. The van der Waals surface area contributed by atoms with E-state index < -0.39 is 18.3 Å². The number of fused-ring (bicyclic) bond motifs is 3. The van der Waals surface area contributed by atoms with Crippen molar-refractivity contribution in [3.8, 4) is 0 Å². The van der Waals surface area contributed by atoms with Crippen molar-refractivity contribution in [3.63, 3.8) is 0 Å². The molecular weight excluding hydrogens is 811 g/mol. The lowest BCUT2D eigenvalue weighted by atomic mass is 10.1. The van der Waals surface area contributed by atoms with Crippen molar-refractivity contribution in [2.75, 3.05) is 112 Å². The fraction of sp³-hybridized carbons (Fsp3) is 0.812. The standard InChI is InChI=1S/C48H77N3O12/c52-46(61-33-43-37-13-7-1-2-8-14-38(37)43)49-19-22-55-25-27-58-31-36(60-30-29-57-24-21-51-48(54)63-35-45-41-17-11-5-6-12-18-42(41)45)32-59-28-26-56-23-20-50-47(53)62-34-44-39-15-9-3-4-10-16-40(39)44/h1-6,36-45H,7-35H2,(H,49,52)(H,50,53)(H,51,54)/b2-1+,4-3+,6-5+. The van der Waals surface area contributed by atoms with E-state index in [0.29, 0.717) is 152 Å². The smallest absolute Gasteiger partial charge is 0.407 e. The van der Waals surface area contributed by atoms with E-state index in [2.05, 4.69) is 52.4 Å². The number of allylic oxidation sites excluding steroid dienone is 6. The molecule has 3 fully saturated rings. The minimum Gasteiger partial charge on any atom is -0.449 e. The second-order valence-corrected chi connectivity index (χ2v) is 17.9. The molecule has 0 aliphatic heterocycles. The summed E-state index contributed by atoms with van der Waals surface area (Å²) in [5.74, 6) is 5.63. The van der Waals surface area contributed by atoms with Gasteiger partial charge in [0.1, 0.15) is 6.10 Å². The molecule has 15 heteroatoms. The molecule has 3 N–H and O–H groups in total. The van der Waals surface area contributed by atoms with Crippen LogP contribution in [0.4, 0.5) is 14.4 Å². The maximum atomic E-state index is 12.2. The van der Waals surface area contributed by atoms with Crippen molar-refractivity contribution >= 4 is 18.3 Å². The first kappa shape index (κ1) is 49.2. The molecular formula is C48H77N3O12. The van der Waals surface area contributed by atoms with E-state index in [0.717, 1.165) is 38.5 Å². The molecule has 6 aliphatic carbocycles. The van der Waals surface area contributed by atoms with E-state index in [4.69, 9.17) is 42.6 Å². The second-order valence-electron chi connectivity index (χ2n) is 17.9. The van der Waals surface area contributed by atoms with Crippen molar-refractivity contribution < 1.29 is 57.0 Å². The number of hydrogen-bond donors (Lipinski definition) is 3. The van der Waals surface area contributed by atoms with E-state index in [-0.39, 0.29) is 19.3 Å². The molecule has 3 saturated carbocycles. The third kappa shape index (κ3) is 18.7. The molecule has 6 aliphatic rings. The van der Waals surface area contributed by atoms with Gasteiger partial charge in [0, 0.05) is 19.6 Å². The normalized spacial score (nSPS) is 30.0. The predicted molar refractivity (Wildman–Crippen MR) is 236 cm³/mol. The maximum absolute atomic E-state index is 12.2. The molecule has 0 aromatic carbocycles. The van der Waals surface area contributed by atoms with E-state index in [1.165, 1.54) is 38.5 Å². The van der Waals surface area contributed by atoms with E-state index >= 15 is 0 Å². The molecule has 6 atom stereocenters. The third-order valence-electron chi connectivity index (χ3n) is 13.7. The highest BCUT2D eigenvalue weighted by Gasteiger charge is 2.50. The Labute approximate surface area is 375 Å². The summed E-state index contributed by atoms with van der Waals surface area (Å²) in [6, 6.07) is 0. The van der Waals surface area contributed by atoms with Gasteiger partial charge in [-0.2, -0.15) is 0 Å². The zero-order valence-electron chi connectivity index (χ0n) is 37.6. The van der Waals surface area contributed by atoms with Crippen LogP contribution in [-0.4, -0.2) is 137 Å². The SMILES string of the molecule is O=C(NCCOCCOCC(COCCOCCNC(=O)OCC1C2CC/C=C/CCC21)OCCOCCNC(=O)OCC1C2CC/C=C/CCC21)OCC1C2CC/C=C/CCC21. The number of carbonyl (C=O) groups is 3. The Balaban J connectivity index is 0.763. The Kier molecular flexibility index (Phi) is 22.4. The molecule has 0 spiro atoms. The lowest BCUT2D eigenvalue weighted by molar-refractivity contribution is -0.0828.